The average Bonchev–Trinajstić information content (AvgIpc) is 3.15. The number of carbonyl (C=O) groups excluding carboxylic acids is 2. The molecule has 0 spiro atoms. The lowest BCUT2D eigenvalue weighted by Gasteiger charge is -2.18. The minimum absolute atomic E-state index is 0.275. The van der Waals surface area contributed by atoms with Crippen LogP contribution < -0.4 is 0 Å². The second-order valence-corrected chi connectivity index (χ2v) is 4.57. The minimum atomic E-state index is -0.900. The highest BCUT2D eigenvalue weighted by Crippen LogP contribution is 2.37. The first kappa shape index (κ1) is 15.0. The van der Waals surface area contributed by atoms with Gasteiger partial charge in [0.15, 0.2) is 5.60 Å². The number of ether oxygens (including phenoxy) is 3. The van der Waals surface area contributed by atoms with Gasteiger partial charge >= 0.3 is 11.9 Å². The van der Waals surface area contributed by atoms with E-state index in [1.54, 1.807) is 6.92 Å². The Labute approximate surface area is 108 Å². The van der Waals surface area contributed by atoms with Crippen LogP contribution in [0.3, 0.4) is 0 Å². The van der Waals surface area contributed by atoms with Crippen molar-refractivity contribution in [3.05, 3.63) is 0 Å². The van der Waals surface area contributed by atoms with E-state index in [2.05, 4.69) is 6.92 Å². The van der Waals surface area contributed by atoms with E-state index in [-0.39, 0.29) is 17.9 Å². The van der Waals surface area contributed by atoms with E-state index >= 15 is 0 Å². The number of carbonyl (C=O) groups is 2. The second-order valence-electron chi connectivity index (χ2n) is 4.57. The van der Waals surface area contributed by atoms with Gasteiger partial charge in [0.05, 0.1) is 26.2 Å². The zero-order valence-corrected chi connectivity index (χ0v) is 11.4. The molecule has 0 aromatic heterocycles. The fourth-order valence-electron chi connectivity index (χ4n) is 1.99. The summed E-state index contributed by atoms with van der Waals surface area (Å²) in [6.07, 6.45) is 3.01. The summed E-state index contributed by atoms with van der Waals surface area (Å²) in [7, 11) is 1.37. The van der Waals surface area contributed by atoms with E-state index < -0.39 is 5.60 Å². The van der Waals surface area contributed by atoms with Crippen LogP contribution in [0.5, 0.6) is 0 Å². The minimum Gasteiger partial charge on any atom is -0.469 e. The van der Waals surface area contributed by atoms with E-state index in [1.165, 1.54) is 7.11 Å². The van der Waals surface area contributed by atoms with Crippen LogP contribution in [0.4, 0.5) is 0 Å². The fourth-order valence-corrected chi connectivity index (χ4v) is 1.99. The summed E-state index contributed by atoms with van der Waals surface area (Å²) < 4.78 is 15.0. The Hall–Kier alpha value is -1.10. The van der Waals surface area contributed by atoms with Crippen molar-refractivity contribution in [3.8, 4) is 0 Å². The summed E-state index contributed by atoms with van der Waals surface area (Å²) in [4.78, 5) is 23.4. The zero-order valence-electron chi connectivity index (χ0n) is 11.4. The molecule has 1 fully saturated rings. The van der Waals surface area contributed by atoms with Gasteiger partial charge in [-0.3, -0.25) is 4.79 Å². The molecule has 2 unspecified atom stereocenters. The van der Waals surface area contributed by atoms with E-state index in [4.69, 9.17) is 14.2 Å². The highest BCUT2D eigenvalue weighted by Gasteiger charge is 2.55. The van der Waals surface area contributed by atoms with Gasteiger partial charge < -0.3 is 14.2 Å². The van der Waals surface area contributed by atoms with Gasteiger partial charge in [0.1, 0.15) is 0 Å². The lowest BCUT2D eigenvalue weighted by molar-refractivity contribution is -0.152. The van der Waals surface area contributed by atoms with E-state index in [1.807, 2.05) is 0 Å². The molecule has 0 aromatic rings. The van der Waals surface area contributed by atoms with Crippen molar-refractivity contribution in [2.45, 2.75) is 45.1 Å². The van der Waals surface area contributed by atoms with Crippen LogP contribution >= 0.6 is 0 Å². The molecule has 18 heavy (non-hydrogen) atoms. The molecule has 0 radical (unpaired) electrons. The number of methoxy groups -OCH3 is 1. The maximum Gasteiger partial charge on any atom is 0.340 e. The lowest BCUT2D eigenvalue weighted by atomic mass is 9.90. The lowest BCUT2D eigenvalue weighted by Crippen LogP contribution is -2.32. The number of unbranched alkanes of at least 4 members (excludes halogenated alkanes) is 1. The second kappa shape index (κ2) is 6.73. The summed E-state index contributed by atoms with van der Waals surface area (Å²) in [5.41, 5.74) is -0.900. The standard InChI is InChI=1S/C13H22O5/c1-4-6-7-10(11(14)16-3)8-13(9-18-13)12(15)17-5-2/h10H,4-9H2,1-3H3. The summed E-state index contributed by atoms with van der Waals surface area (Å²) >= 11 is 0. The molecule has 1 saturated heterocycles. The predicted molar refractivity (Wildman–Crippen MR) is 65.0 cm³/mol. The largest absolute Gasteiger partial charge is 0.469 e. The number of esters is 2. The third-order valence-corrected chi connectivity index (χ3v) is 3.16. The van der Waals surface area contributed by atoms with Crippen LogP contribution in [0.15, 0.2) is 0 Å². The molecule has 0 saturated carbocycles. The van der Waals surface area contributed by atoms with Crippen LogP contribution in [0.1, 0.15) is 39.5 Å². The van der Waals surface area contributed by atoms with Crippen molar-refractivity contribution < 1.29 is 23.8 Å². The summed E-state index contributed by atoms with van der Waals surface area (Å²) in [6.45, 7) is 4.47. The SMILES string of the molecule is CCCCC(CC1(C(=O)OCC)CO1)C(=O)OC. The molecule has 1 rings (SSSR count). The number of rotatable bonds is 8. The highest BCUT2D eigenvalue weighted by atomic mass is 16.6. The molecular formula is C13H22O5. The Morgan fingerprint density at radius 3 is 2.50 bits per heavy atom. The third-order valence-electron chi connectivity index (χ3n) is 3.16. The molecular weight excluding hydrogens is 236 g/mol. The highest BCUT2D eigenvalue weighted by molar-refractivity contribution is 5.83. The van der Waals surface area contributed by atoms with Crippen molar-refractivity contribution in [3.63, 3.8) is 0 Å². The average molecular weight is 258 g/mol. The van der Waals surface area contributed by atoms with Crippen molar-refractivity contribution in [2.75, 3.05) is 20.3 Å². The molecule has 2 atom stereocenters. The Morgan fingerprint density at radius 1 is 1.39 bits per heavy atom. The van der Waals surface area contributed by atoms with Crippen LogP contribution in [0.25, 0.3) is 0 Å². The fraction of sp³-hybridized carbons (Fsp3) is 0.846. The quantitative estimate of drug-likeness (QED) is 0.489. The van der Waals surface area contributed by atoms with Crippen molar-refractivity contribution in [1.82, 2.24) is 0 Å². The van der Waals surface area contributed by atoms with E-state index in [0.717, 1.165) is 12.8 Å². The molecule has 0 amide bonds. The molecule has 0 aromatic carbocycles. The van der Waals surface area contributed by atoms with Gasteiger partial charge in [-0.05, 0) is 13.3 Å². The maximum absolute atomic E-state index is 11.7. The first-order chi connectivity index (χ1) is 8.59. The van der Waals surface area contributed by atoms with Crippen LogP contribution in [-0.2, 0) is 23.8 Å². The third kappa shape index (κ3) is 3.70. The molecule has 0 bridgehead atoms. The first-order valence-electron chi connectivity index (χ1n) is 6.48. The molecule has 1 aliphatic rings. The summed E-state index contributed by atoms with van der Waals surface area (Å²) in [6, 6.07) is 0. The Balaban J connectivity index is 2.59. The number of hydrogen-bond donors (Lipinski definition) is 0. The molecule has 104 valence electrons. The first-order valence-corrected chi connectivity index (χ1v) is 6.48. The topological polar surface area (TPSA) is 65.1 Å². The van der Waals surface area contributed by atoms with Crippen molar-refractivity contribution in [2.24, 2.45) is 5.92 Å². The van der Waals surface area contributed by atoms with Crippen molar-refractivity contribution in [1.29, 1.82) is 0 Å². The van der Waals surface area contributed by atoms with Crippen LogP contribution in [0.2, 0.25) is 0 Å². The van der Waals surface area contributed by atoms with Gasteiger partial charge in [-0.1, -0.05) is 19.8 Å². The zero-order chi connectivity index (χ0) is 13.6. The monoisotopic (exact) mass is 258 g/mol. The normalized spacial score (nSPS) is 23.3. The maximum atomic E-state index is 11.7. The van der Waals surface area contributed by atoms with Crippen molar-refractivity contribution >= 4 is 11.9 Å². The summed E-state index contributed by atoms with van der Waals surface area (Å²) in [5, 5.41) is 0. The number of epoxide rings is 1. The summed E-state index contributed by atoms with van der Waals surface area (Å²) in [5.74, 6) is -0.931. The van der Waals surface area contributed by atoms with Crippen LogP contribution in [0, 0.1) is 5.92 Å². The molecule has 0 aliphatic carbocycles. The van der Waals surface area contributed by atoms with Gasteiger partial charge in [0.25, 0.3) is 0 Å². The van der Waals surface area contributed by atoms with Gasteiger partial charge in [-0.15, -0.1) is 0 Å². The smallest absolute Gasteiger partial charge is 0.340 e. The van der Waals surface area contributed by atoms with Crippen LogP contribution in [-0.4, -0.2) is 37.9 Å². The Bertz CT molecular complexity index is 296. The van der Waals surface area contributed by atoms with Gasteiger partial charge in [-0.25, -0.2) is 4.79 Å². The van der Waals surface area contributed by atoms with Gasteiger partial charge in [0, 0.05) is 6.42 Å². The molecule has 5 heteroatoms. The number of hydrogen-bond acceptors (Lipinski definition) is 5. The molecule has 1 aliphatic heterocycles. The Kier molecular flexibility index (Phi) is 5.59. The molecule has 1 heterocycles. The predicted octanol–water partition coefficient (Wildman–Crippen LogP) is 1.69. The van der Waals surface area contributed by atoms with Gasteiger partial charge in [0.2, 0.25) is 0 Å². The van der Waals surface area contributed by atoms with Gasteiger partial charge in [-0.2, -0.15) is 0 Å². The van der Waals surface area contributed by atoms with E-state index in [9.17, 15) is 9.59 Å². The van der Waals surface area contributed by atoms with E-state index in [0.29, 0.717) is 26.1 Å². The molecule has 0 N–H and O–H groups in total. The Morgan fingerprint density at radius 2 is 2.06 bits per heavy atom. The molecule has 5 nitrogen and oxygen atoms in total.